The van der Waals surface area contributed by atoms with Gasteiger partial charge >= 0.3 is 0 Å². The summed E-state index contributed by atoms with van der Waals surface area (Å²) in [5, 5.41) is 18.3. The van der Waals surface area contributed by atoms with Gasteiger partial charge in [-0.15, -0.1) is 10.2 Å². The maximum atomic E-state index is 12.6. The van der Waals surface area contributed by atoms with Crippen LogP contribution in [-0.2, 0) is 11.3 Å². The molecule has 33 heavy (non-hydrogen) atoms. The number of carbonyl (C=O) groups excluding carboxylic acids is 1. The summed E-state index contributed by atoms with van der Waals surface area (Å²) in [7, 11) is 0. The minimum atomic E-state index is -0.0953. The Bertz CT molecular complexity index is 1080. The summed E-state index contributed by atoms with van der Waals surface area (Å²) in [6.07, 6.45) is 3.86. The fourth-order valence-electron chi connectivity index (χ4n) is 3.85. The minimum Gasteiger partial charge on any atom is -0.355 e. The summed E-state index contributed by atoms with van der Waals surface area (Å²) in [6.45, 7) is 8.58. The summed E-state index contributed by atoms with van der Waals surface area (Å²) in [5.74, 6) is 1.63. The van der Waals surface area contributed by atoms with Crippen molar-refractivity contribution in [2.45, 2.75) is 44.8 Å². The van der Waals surface area contributed by atoms with Crippen molar-refractivity contribution < 1.29 is 4.79 Å². The smallest absolute Gasteiger partial charge is 0.261 e. The molecule has 1 amide bonds. The molecule has 1 saturated heterocycles. The Morgan fingerprint density at radius 3 is 2.67 bits per heavy atom. The van der Waals surface area contributed by atoms with Crippen LogP contribution >= 0.6 is 11.8 Å². The molecular formula is C22H31N9OS. The molecule has 0 atom stereocenters. The van der Waals surface area contributed by atoms with Crippen molar-refractivity contribution in [2.75, 3.05) is 47.9 Å². The SMILES string of the molecule is CCNc1nc(NCC)n2c(SCC(=O)Nc3cccc(CN4CCCCC4)c3)nnc2n1. The number of hydrogen-bond donors (Lipinski definition) is 3. The van der Waals surface area contributed by atoms with E-state index in [1.54, 1.807) is 4.40 Å². The molecular weight excluding hydrogens is 438 g/mol. The number of aromatic nitrogens is 5. The topological polar surface area (TPSA) is 112 Å². The number of nitrogens with one attached hydrogen (secondary N) is 3. The lowest BCUT2D eigenvalue weighted by atomic mass is 10.1. The summed E-state index contributed by atoms with van der Waals surface area (Å²) in [6, 6.07) is 8.10. The molecule has 2 aromatic heterocycles. The maximum Gasteiger partial charge on any atom is 0.261 e. The highest BCUT2D eigenvalue weighted by Crippen LogP contribution is 2.22. The van der Waals surface area contributed by atoms with E-state index >= 15 is 0 Å². The standard InChI is InChI=1S/C22H31N9OS/c1-3-23-19-26-20(24-4-2)31-21(27-19)28-29-22(31)33-15-18(32)25-17-10-8-9-16(13-17)14-30-11-6-5-7-12-30/h8-10,13H,3-7,11-12,14-15H2,1-2H3,(H,25,32)(H2,23,24,26,27,28). The van der Waals surface area contributed by atoms with Gasteiger partial charge in [-0.2, -0.15) is 9.97 Å². The number of anilines is 3. The van der Waals surface area contributed by atoms with Crippen molar-refractivity contribution in [2.24, 2.45) is 0 Å². The molecule has 1 aromatic carbocycles. The highest BCUT2D eigenvalue weighted by atomic mass is 32.2. The molecule has 0 spiro atoms. The fourth-order valence-corrected chi connectivity index (χ4v) is 4.58. The Hall–Kier alpha value is -2.92. The first-order valence-corrected chi connectivity index (χ1v) is 12.5. The molecule has 3 heterocycles. The van der Waals surface area contributed by atoms with Gasteiger partial charge in [-0.05, 0) is 57.5 Å². The minimum absolute atomic E-state index is 0.0953. The number of nitrogens with zero attached hydrogens (tertiary/aromatic N) is 6. The van der Waals surface area contributed by atoms with E-state index in [2.05, 4.69) is 53.1 Å². The first-order valence-electron chi connectivity index (χ1n) is 11.5. The predicted octanol–water partition coefficient (Wildman–Crippen LogP) is 3.10. The number of carbonyl (C=O) groups is 1. The van der Waals surface area contributed by atoms with E-state index in [9.17, 15) is 4.79 Å². The first kappa shape index (κ1) is 23.2. The van der Waals surface area contributed by atoms with Crippen LogP contribution in [0.2, 0.25) is 0 Å². The van der Waals surface area contributed by atoms with Crippen LogP contribution in [-0.4, -0.2) is 67.3 Å². The highest BCUT2D eigenvalue weighted by Gasteiger charge is 2.16. The second-order valence-corrected chi connectivity index (χ2v) is 8.87. The van der Waals surface area contributed by atoms with E-state index in [0.717, 1.165) is 25.3 Å². The molecule has 0 aliphatic carbocycles. The quantitative estimate of drug-likeness (QED) is 0.386. The molecule has 0 bridgehead atoms. The molecule has 1 aliphatic rings. The number of thioether (sulfide) groups is 1. The first-order chi connectivity index (χ1) is 16.2. The summed E-state index contributed by atoms with van der Waals surface area (Å²) in [5.41, 5.74) is 2.03. The third-order valence-electron chi connectivity index (χ3n) is 5.31. The number of hydrogen-bond acceptors (Lipinski definition) is 9. The summed E-state index contributed by atoms with van der Waals surface area (Å²) < 4.78 is 1.74. The van der Waals surface area contributed by atoms with Gasteiger partial charge in [-0.3, -0.25) is 9.69 Å². The Kier molecular flexibility index (Phi) is 7.95. The largest absolute Gasteiger partial charge is 0.355 e. The Balaban J connectivity index is 1.39. The molecule has 11 heteroatoms. The van der Waals surface area contributed by atoms with E-state index in [1.165, 1.54) is 36.6 Å². The van der Waals surface area contributed by atoms with Gasteiger partial charge in [0.15, 0.2) is 5.16 Å². The van der Waals surface area contributed by atoms with Crippen LogP contribution < -0.4 is 16.0 Å². The molecule has 10 nitrogen and oxygen atoms in total. The fraction of sp³-hybridized carbons (Fsp3) is 0.500. The number of piperidine rings is 1. The third-order valence-corrected chi connectivity index (χ3v) is 6.24. The monoisotopic (exact) mass is 469 g/mol. The second kappa shape index (κ2) is 11.3. The zero-order valence-electron chi connectivity index (χ0n) is 19.2. The number of amides is 1. The Labute approximate surface area is 198 Å². The molecule has 3 N–H and O–H groups in total. The molecule has 1 fully saturated rings. The van der Waals surface area contributed by atoms with Gasteiger partial charge < -0.3 is 16.0 Å². The van der Waals surface area contributed by atoms with E-state index in [0.29, 0.717) is 35.9 Å². The van der Waals surface area contributed by atoms with Crippen molar-refractivity contribution in [1.82, 2.24) is 29.5 Å². The van der Waals surface area contributed by atoms with Crippen molar-refractivity contribution in [3.8, 4) is 0 Å². The van der Waals surface area contributed by atoms with Crippen LogP contribution in [0.1, 0.15) is 38.7 Å². The highest BCUT2D eigenvalue weighted by molar-refractivity contribution is 7.99. The van der Waals surface area contributed by atoms with Crippen LogP contribution in [0.15, 0.2) is 29.4 Å². The molecule has 0 saturated carbocycles. The zero-order valence-corrected chi connectivity index (χ0v) is 20.0. The van der Waals surface area contributed by atoms with Crippen molar-refractivity contribution >= 4 is 41.0 Å². The average molecular weight is 470 g/mol. The van der Waals surface area contributed by atoms with Gasteiger partial charge in [-0.25, -0.2) is 4.40 Å². The van der Waals surface area contributed by atoms with Crippen molar-refractivity contribution in [3.05, 3.63) is 29.8 Å². The summed E-state index contributed by atoms with van der Waals surface area (Å²) in [4.78, 5) is 24.0. The van der Waals surface area contributed by atoms with Gasteiger partial charge in [0.05, 0.1) is 5.75 Å². The number of fused-ring (bicyclic) bond motifs is 1. The van der Waals surface area contributed by atoms with Gasteiger partial charge in [0.2, 0.25) is 17.8 Å². The van der Waals surface area contributed by atoms with Crippen LogP contribution in [0, 0.1) is 0 Å². The second-order valence-electron chi connectivity index (χ2n) is 7.92. The lowest BCUT2D eigenvalue weighted by molar-refractivity contribution is -0.113. The molecule has 176 valence electrons. The molecule has 3 aromatic rings. The average Bonchev–Trinajstić information content (AvgIpc) is 3.22. The van der Waals surface area contributed by atoms with Crippen LogP contribution in [0.5, 0.6) is 0 Å². The number of rotatable bonds is 10. The van der Waals surface area contributed by atoms with Crippen LogP contribution in [0.25, 0.3) is 5.78 Å². The third kappa shape index (κ3) is 6.11. The van der Waals surface area contributed by atoms with Gasteiger partial charge in [0.1, 0.15) is 0 Å². The number of benzene rings is 1. The molecule has 1 aliphatic heterocycles. The zero-order chi connectivity index (χ0) is 23.0. The van der Waals surface area contributed by atoms with E-state index in [-0.39, 0.29) is 11.7 Å². The van der Waals surface area contributed by atoms with Crippen molar-refractivity contribution in [1.29, 1.82) is 0 Å². The Morgan fingerprint density at radius 2 is 1.88 bits per heavy atom. The molecule has 4 rings (SSSR count). The summed E-state index contributed by atoms with van der Waals surface area (Å²) >= 11 is 1.30. The lowest BCUT2D eigenvalue weighted by Crippen LogP contribution is -2.29. The Morgan fingerprint density at radius 1 is 1.06 bits per heavy atom. The molecule has 0 radical (unpaired) electrons. The van der Waals surface area contributed by atoms with Gasteiger partial charge in [0, 0.05) is 25.3 Å². The molecule has 0 unspecified atom stereocenters. The lowest BCUT2D eigenvalue weighted by Gasteiger charge is -2.26. The van der Waals surface area contributed by atoms with E-state index in [4.69, 9.17) is 0 Å². The van der Waals surface area contributed by atoms with E-state index in [1.807, 2.05) is 26.0 Å². The van der Waals surface area contributed by atoms with Crippen molar-refractivity contribution in [3.63, 3.8) is 0 Å². The van der Waals surface area contributed by atoms with Gasteiger partial charge in [0.25, 0.3) is 5.78 Å². The van der Waals surface area contributed by atoms with E-state index < -0.39 is 0 Å². The van der Waals surface area contributed by atoms with Gasteiger partial charge in [-0.1, -0.05) is 30.3 Å². The van der Waals surface area contributed by atoms with Crippen LogP contribution in [0.4, 0.5) is 17.6 Å². The predicted molar refractivity (Wildman–Crippen MR) is 132 cm³/mol. The number of likely N-dealkylation sites (tertiary alicyclic amines) is 1. The van der Waals surface area contributed by atoms with Crippen LogP contribution in [0.3, 0.4) is 0 Å². The normalized spacial score (nSPS) is 14.4. The maximum absolute atomic E-state index is 12.6.